The highest BCUT2D eigenvalue weighted by atomic mass is 28.3. The summed E-state index contributed by atoms with van der Waals surface area (Å²) in [6, 6.07) is 59.2. The monoisotopic (exact) mass is 1070 g/mol. The summed E-state index contributed by atoms with van der Waals surface area (Å²) in [5.41, 5.74) is 25.6. The molecule has 0 saturated heterocycles. The molecule has 4 heterocycles. The average Bonchev–Trinajstić information content (AvgIpc) is 3.85. The number of nitrogens with zero attached hydrogens (tertiary/aromatic N) is 3. The van der Waals surface area contributed by atoms with E-state index in [-0.39, 0.29) is 44.9 Å². The van der Waals surface area contributed by atoms with E-state index in [0.29, 0.717) is 0 Å². The number of rotatable bonds is 4. The Bertz CT molecular complexity index is 3950. The van der Waals surface area contributed by atoms with E-state index >= 15 is 0 Å². The molecule has 8 aromatic carbocycles. The molecule has 0 N–H and O–H groups in total. The Morgan fingerprint density at radius 1 is 0.475 bits per heavy atom. The minimum Gasteiger partial charge on any atom is -0.335 e. The Morgan fingerprint density at radius 3 is 1.81 bits per heavy atom. The van der Waals surface area contributed by atoms with Gasteiger partial charge in [0.25, 0.3) is 6.71 Å². The lowest BCUT2D eigenvalue weighted by Crippen LogP contribution is -2.65. The fraction of sp³-hybridized carbons (Fsp3) is 0.387. The third-order valence-electron chi connectivity index (χ3n) is 21.8. The molecule has 3 nitrogen and oxygen atoms in total. The van der Waals surface area contributed by atoms with Gasteiger partial charge in [0.1, 0.15) is 0 Å². The van der Waals surface area contributed by atoms with Gasteiger partial charge in [0.2, 0.25) is 0 Å². The van der Waals surface area contributed by atoms with Crippen molar-refractivity contribution >= 4 is 86.9 Å². The van der Waals surface area contributed by atoms with E-state index in [1.165, 1.54) is 131 Å². The minimum atomic E-state index is -1.82. The largest absolute Gasteiger partial charge is 0.335 e. The van der Waals surface area contributed by atoms with E-state index in [2.05, 4.69) is 270 Å². The van der Waals surface area contributed by atoms with Crippen molar-refractivity contribution in [2.24, 2.45) is 0 Å². The first kappa shape index (κ1) is 51.8. The fourth-order valence-corrected chi connectivity index (χ4v) is 17.7. The van der Waals surface area contributed by atoms with Gasteiger partial charge < -0.3 is 14.7 Å². The Morgan fingerprint density at radius 2 is 1.10 bits per heavy atom. The predicted molar refractivity (Wildman–Crippen MR) is 349 cm³/mol. The zero-order valence-electron chi connectivity index (χ0n) is 51.0. The maximum atomic E-state index is 2.99. The summed E-state index contributed by atoms with van der Waals surface area (Å²) in [6.07, 6.45) is 7.01. The first-order chi connectivity index (χ1) is 37.7. The van der Waals surface area contributed by atoms with Crippen LogP contribution in [0.15, 0.2) is 146 Å². The van der Waals surface area contributed by atoms with Gasteiger partial charge in [-0.05, 0) is 170 Å². The highest BCUT2D eigenvalue weighted by molar-refractivity contribution is 7.01. The number of benzene rings is 8. The van der Waals surface area contributed by atoms with E-state index in [1.54, 1.807) is 10.8 Å². The number of aryl methyl sites for hydroxylation is 1. The van der Waals surface area contributed by atoms with Crippen LogP contribution in [0.4, 0.5) is 39.8 Å². The topological polar surface area (TPSA) is 9.72 Å². The molecule has 2 aliphatic carbocycles. The van der Waals surface area contributed by atoms with Crippen molar-refractivity contribution in [1.82, 2.24) is 0 Å². The van der Waals surface area contributed by atoms with Crippen LogP contribution in [-0.4, -0.2) is 20.3 Å². The smallest absolute Gasteiger partial charge is 0.252 e. The second-order valence-electron chi connectivity index (χ2n) is 30.5. The Balaban J connectivity index is 1.15. The fourth-order valence-electron chi connectivity index (χ4n) is 16.6. The normalized spacial score (nSPS) is 23.6. The van der Waals surface area contributed by atoms with Crippen LogP contribution in [0.5, 0.6) is 0 Å². The molecular formula is C75H84BN3Si. The molecule has 0 spiro atoms. The Kier molecular flexibility index (Phi) is 10.8. The van der Waals surface area contributed by atoms with Gasteiger partial charge in [-0.1, -0.05) is 217 Å². The van der Waals surface area contributed by atoms with Gasteiger partial charge in [-0.2, -0.15) is 0 Å². The van der Waals surface area contributed by atoms with E-state index in [4.69, 9.17) is 0 Å². The number of fused-ring (bicyclic) bond motifs is 13. The molecule has 406 valence electrons. The molecular weight excluding hydrogens is 982 g/mol. The van der Waals surface area contributed by atoms with Gasteiger partial charge in [0.05, 0.1) is 24.8 Å². The Hall–Kier alpha value is -6.30. The molecule has 4 atom stereocenters. The van der Waals surface area contributed by atoms with Crippen LogP contribution in [0, 0.1) is 0 Å². The average molecular weight is 1070 g/mol. The molecule has 4 aliphatic heterocycles. The molecule has 0 bridgehead atoms. The minimum absolute atomic E-state index is 0.0110. The third-order valence-corrected chi connectivity index (χ3v) is 23.8. The Labute approximate surface area is 480 Å². The number of anilines is 7. The van der Waals surface area contributed by atoms with Crippen LogP contribution in [0.1, 0.15) is 161 Å². The lowest BCUT2D eigenvalue weighted by atomic mass is 9.33. The van der Waals surface area contributed by atoms with Gasteiger partial charge >= 0.3 is 0 Å². The van der Waals surface area contributed by atoms with E-state index < -0.39 is 8.07 Å². The van der Waals surface area contributed by atoms with Crippen molar-refractivity contribution in [2.45, 2.75) is 186 Å². The van der Waals surface area contributed by atoms with Gasteiger partial charge in [-0.25, -0.2) is 0 Å². The summed E-state index contributed by atoms with van der Waals surface area (Å²) >= 11 is 0. The van der Waals surface area contributed by atoms with Crippen LogP contribution < -0.4 is 36.3 Å². The number of hydrogen-bond acceptors (Lipinski definition) is 3. The molecule has 8 aromatic rings. The maximum Gasteiger partial charge on any atom is 0.252 e. The van der Waals surface area contributed by atoms with Crippen molar-refractivity contribution in [3.63, 3.8) is 0 Å². The van der Waals surface area contributed by atoms with Crippen LogP contribution in [0.3, 0.4) is 0 Å². The second kappa shape index (κ2) is 16.7. The molecule has 80 heavy (non-hydrogen) atoms. The molecule has 0 amide bonds. The van der Waals surface area contributed by atoms with Crippen molar-refractivity contribution in [3.05, 3.63) is 185 Å². The zero-order chi connectivity index (χ0) is 56.2. The van der Waals surface area contributed by atoms with Crippen LogP contribution in [-0.2, 0) is 39.0 Å². The van der Waals surface area contributed by atoms with Crippen molar-refractivity contribution in [2.75, 3.05) is 14.7 Å². The molecule has 0 radical (unpaired) electrons. The summed E-state index contributed by atoms with van der Waals surface area (Å²) in [5, 5.41) is 4.12. The summed E-state index contributed by atoms with van der Waals surface area (Å²) in [6.45, 7) is 39.8. The zero-order valence-corrected chi connectivity index (χ0v) is 52.0. The maximum absolute atomic E-state index is 2.99. The van der Waals surface area contributed by atoms with Crippen molar-refractivity contribution < 1.29 is 0 Å². The lowest BCUT2D eigenvalue weighted by Gasteiger charge is -2.54. The summed E-state index contributed by atoms with van der Waals surface area (Å²) in [7, 11) is -1.82. The van der Waals surface area contributed by atoms with Gasteiger partial charge in [0, 0.05) is 50.5 Å². The van der Waals surface area contributed by atoms with E-state index in [9.17, 15) is 0 Å². The SMILES string of the molecule is CC(C)(C)c1ccc2c(c1)B1c3cc([Si](C)(C)C)cc4c3N(c3cc(N5c6ccc(C(C)(C)C)cc6C6(C)CCc7ccccc7C56C)cc(c31)N2c1ccc(C(C)(C)C)cc1-c1ccc2ccccc2c1)C1(C)CCCCC41C. The molecule has 1 fully saturated rings. The highest BCUT2D eigenvalue weighted by Crippen LogP contribution is 2.67. The highest BCUT2D eigenvalue weighted by Gasteiger charge is 2.64. The molecule has 1 saturated carbocycles. The third kappa shape index (κ3) is 6.97. The predicted octanol–water partition coefficient (Wildman–Crippen LogP) is 17.6. The van der Waals surface area contributed by atoms with Crippen molar-refractivity contribution in [1.29, 1.82) is 0 Å². The lowest BCUT2D eigenvalue weighted by molar-refractivity contribution is 0.195. The molecule has 14 rings (SSSR count). The molecule has 0 aromatic heterocycles. The van der Waals surface area contributed by atoms with Gasteiger partial charge in [0.15, 0.2) is 0 Å². The molecule has 6 aliphatic rings. The number of hydrogen-bond donors (Lipinski definition) is 0. The second-order valence-corrected chi connectivity index (χ2v) is 35.5. The summed E-state index contributed by atoms with van der Waals surface area (Å²) in [5.74, 6) is 0. The molecule has 4 unspecified atom stereocenters. The van der Waals surface area contributed by atoms with Crippen molar-refractivity contribution in [3.8, 4) is 11.1 Å². The first-order valence-electron chi connectivity index (χ1n) is 30.5. The van der Waals surface area contributed by atoms with E-state index in [0.717, 1.165) is 19.3 Å². The van der Waals surface area contributed by atoms with Crippen LogP contribution >= 0.6 is 0 Å². The summed E-state index contributed by atoms with van der Waals surface area (Å²) in [4.78, 5) is 8.62. The van der Waals surface area contributed by atoms with E-state index in [1.807, 2.05) is 0 Å². The van der Waals surface area contributed by atoms with Crippen LogP contribution in [0.25, 0.3) is 21.9 Å². The first-order valence-corrected chi connectivity index (χ1v) is 34.0. The van der Waals surface area contributed by atoms with Gasteiger partial charge in [-0.3, -0.25) is 0 Å². The summed E-state index contributed by atoms with van der Waals surface area (Å²) < 4.78 is 0. The standard InChI is InChI=1S/C75H84BN3Si/c1-69(2,3)51-29-32-62(56(40-51)50-28-27-47-23-17-18-25-49(47)39-50)77-64-34-31-53(71(7,8)9)42-60(64)76-61-46-55(80(14,15)16)45-59-68(61)79(74(12)37-22-21-36-72(59,74)10)66-44-54(43-65(77)67(66)76)78-63-33-30-52(70(4,5)6)41-58(63)73(11)38-35-48-24-19-20-26-57(48)75(73,78)13/h17-20,23-34,39-46H,21-22,35-38H2,1-16H3. The molecule has 5 heteroatoms. The quantitative estimate of drug-likeness (QED) is 0.163. The van der Waals surface area contributed by atoms with Crippen LogP contribution in [0.2, 0.25) is 19.6 Å². The van der Waals surface area contributed by atoms with Gasteiger partial charge in [-0.15, -0.1) is 0 Å².